The van der Waals surface area contributed by atoms with Crippen molar-refractivity contribution in [2.45, 2.75) is 39.8 Å². The van der Waals surface area contributed by atoms with E-state index in [1.807, 2.05) is 57.2 Å². The molecule has 0 aromatic heterocycles. The molecular formula is C21H28N2O3S. The monoisotopic (exact) mass is 388 g/mol. The highest BCUT2D eigenvalue weighted by Crippen LogP contribution is 2.26. The van der Waals surface area contributed by atoms with Crippen LogP contribution in [0.4, 0.5) is 5.69 Å². The normalized spacial score (nSPS) is 12.5. The molecule has 0 heterocycles. The smallest absolute Gasteiger partial charge is 0.246 e. The number of hydrogen-bond donors (Lipinski definition) is 0. The fourth-order valence-electron chi connectivity index (χ4n) is 3.31. The van der Waals surface area contributed by atoms with Crippen LogP contribution in [0.3, 0.4) is 0 Å². The highest BCUT2D eigenvalue weighted by Gasteiger charge is 2.33. The Morgan fingerprint density at radius 3 is 2.07 bits per heavy atom. The second-order valence-corrected chi connectivity index (χ2v) is 8.87. The number of hydrogen-bond acceptors (Lipinski definition) is 3. The van der Waals surface area contributed by atoms with Crippen LogP contribution in [0.5, 0.6) is 0 Å². The second kappa shape index (κ2) is 8.57. The van der Waals surface area contributed by atoms with Gasteiger partial charge in [0.25, 0.3) is 0 Å². The summed E-state index contributed by atoms with van der Waals surface area (Å²) in [4.78, 5) is 14.7. The maximum atomic E-state index is 13.1. The van der Waals surface area contributed by atoms with E-state index < -0.39 is 16.1 Å². The molecule has 6 heteroatoms. The number of sulfonamides is 1. The van der Waals surface area contributed by atoms with Crippen molar-refractivity contribution in [1.82, 2.24) is 4.90 Å². The van der Waals surface area contributed by atoms with Gasteiger partial charge in [-0.1, -0.05) is 43.3 Å². The summed E-state index contributed by atoms with van der Waals surface area (Å²) in [5.74, 6) is -0.217. The highest BCUT2D eigenvalue weighted by atomic mass is 32.2. The molecule has 27 heavy (non-hydrogen) atoms. The van der Waals surface area contributed by atoms with Gasteiger partial charge < -0.3 is 4.90 Å². The van der Waals surface area contributed by atoms with Gasteiger partial charge in [-0.05, 0) is 49.1 Å². The van der Waals surface area contributed by atoms with Gasteiger partial charge in [0.05, 0.1) is 11.9 Å². The van der Waals surface area contributed by atoms with Crippen LogP contribution in [-0.2, 0) is 21.4 Å². The van der Waals surface area contributed by atoms with Gasteiger partial charge in [-0.25, -0.2) is 8.42 Å². The average Bonchev–Trinajstić information content (AvgIpc) is 2.57. The summed E-state index contributed by atoms with van der Waals surface area (Å²) in [5.41, 5.74) is 3.45. The molecule has 0 N–H and O–H groups in total. The van der Waals surface area contributed by atoms with Crippen LogP contribution in [0.1, 0.15) is 30.0 Å². The van der Waals surface area contributed by atoms with Crippen LogP contribution in [-0.4, -0.2) is 38.6 Å². The van der Waals surface area contributed by atoms with Crippen molar-refractivity contribution in [3.63, 3.8) is 0 Å². The number of rotatable bonds is 7. The lowest BCUT2D eigenvalue weighted by atomic mass is 10.1. The van der Waals surface area contributed by atoms with Crippen LogP contribution >= 0.6 is 0 Å². The summed E-state index contributed by atoms with van der Waals surface area (Å²) in [6, 6.07) is 14.5. The van der Waals surface area contributed by atoms with Gasteiger partial charge in [0.1, 0.15) is 6.04 Å². The number of benzene rings is 2. The molecule has 0 unspecified atom stereocenters. The van der Waals surface area contributed by atoms with E-state index in [4.69, 9.17) is 0 Å². The zero-order valence-corrected chi connectivity index (χ0v) is 17.5. The predicted octanol–water partition coefficient (Wildman–Crippen LogP) is 3.51. The van der Waals surface area contributed by atoms with Crippen molar-refractivity contribution in [3.05, 3.63) is 65.2 Å². The molecule has 0 saturated carbocycles. The van der Waals surface area contributed by atoms with Crippen molar-refractivity contribution < 1.29 is 13.2 Å². The minimum atomic E-state index is -3.63. The molecule has 1 atom stereocenters. The van der Waals surface area contributed by atoms with E-state index in [-0.39, 0.29) is 5.91 Å². The average molecular weight is 389 g/mol. The standard InChI is InChI=1S/C21H28N2O3S/c1-6-20(21(24)22(4)15-18-10-8-7-9-11-18)23(27(5,25)26)19-13-16(2)12-17(3)14-19/h7-14,20H,6,15H2,1-5H3/t20-/m0/s1. The molecule has 2 aromatic carbocycles. The molecule has 0 fully saturated rings. The number of anilines is 1. The van der Waals surface area contributed by atoms with E-state index >= 15 is 0 Å². The van der Waals surface area contributed by atoms with Crippen molar-refractivity contribution in [2.75, 3.05) is 17.6 Å². The Balaban J connectivity index is 2.38. The molecule has 2 rings (SSSR count). The first kappa shape index (κ1) is 21.0. The molecule has 1 amide bonds. The maximum Gasteiger partial charge on any atom is 0.246 e. The first-order valence-corrected chi connectivity index (χ1v) is 10.8. The van der Waals surface area contributed by atoms with Crippen molar-refractivity contribution in [1.29, 1.82) is 0 Å². The van der Waals surface area contributed by atoms with E-state index in [1.54, 1.807) is 24.1 Å². The Morgan fingerprint density at radius 2 is 1.59 bits per heavy atom. The molecule has 146 valence electrons. The van der Waals surface area contributed by atoms with Crippen LogP contribution < -0.4 is 4.31 Å². The summed E-state index contributed by atoms with van der Waals surface area (Å²) in [6.07, 6.45) is 1.54. The van der Waals surface area contributed by atoms with E-state index in [1.165, 1.54) is 4.31 Å². The lowest BCUT2D eigenvalue weighted by Gasteiger charge is -2.33. The fraction of sp³-hybridized carbons (Fsp3) is 0.381. The Bertz CT molecular complexity index is 875. The number of carbonyl (C=O) groups is 1. The van der Waals surface area contributed by atoms with Gasteiger partial charge in [0, 0.05) is 13.6 Å². The number of likely N-dealkylation sites (N-methyl/N-ethyl adjacent to an activating group) is 1. The molecule has 0 aliphatic heterocycles. The number of amides is 1. The summed E-state index contributed by atoms with van der Waals surface area (Å²) in [5, 5.41) is 0. The van der Waals surface area contributed by atoms with Crippen LogP contribution in [0.2, 0.25) is 0 Å². The maximum absolute atomic E-state index is 13.1. The largest absolute Gasteiger partial charge is 0.340 e. The third-order valence-electron chi connectivity index (χ3n) is 4.41. The molecule has 0 radical (unpaired) electrons. The third-order valence-corrected chi connectivity index (χ3v) is 5.59. The van der Waals surface area contributed by atoms with Crippen molar-refractivity contribution >= 4 is 21.6 Å². The van der Waals surface area contributed by atoms with Crippen molar-refractivity contribution in [3.8, 4) is 0 Å². The minimum Gasteiger partial charge on any atom is -0.340 e. The summed E-state index contributed by atoms with van der Waals surface area (Å²) < 4.78 is 26.5. The zero-order chi connectivity index (χ0) is 20.2. The van der Waals surface area contributed by atoms with Gasteiger partial charge in [0.15, 0.2) is 0 Å². The summed E-state index contributed by atoms with van der Waals surface area (Å²) in [7, 11) is -1.92. The molecule has 0 aliphatic carbocycles. The summed E-state index contributed by atoms with van der Waals surface area (Å²) >= 11 is 0. The topological polar surface area (TPSA) is 57.7 Å². The van der Waals surface area contributed by atoms with E-state index in [9.17, 15) is 13.2 Å². The Hall–Kier alpha value is -2.34. The SMILES string of the molecule is CC[C@@H](C(=O)N(C)Cc1ccccc1)N(c1cc(C)cc(C)c1)S(C)(=O)=O. The van der Waals surface area contributed by atoms with E-state index in [0.29, 0.717) is 18.7 Å². The first-order chi connectivity index (χ1) is 12.6. The highest BCUT2D eigenvalue weighted by molar-refractivity contribution is 7.92. The van der Waals surface area contributed by atoms with E-state index in [2.05, 4.69) is 0 Å². The van der Waals surface area contributed by atoms with Gasteiger partial charge in [-0.15, -0.1) is 0 Å². The quantitative estimate of drug-likeness (QED) is 0.729. The molecule has 0 aliphatic rings. The van der Waals surface area contributed by atoms with Gasteiger partial charge >= 0.3 is 0 Å². The molecular weight excluding hydrogens is 360 g/mol. The minimum absolute atomic E-state index is 0.217. The van der Waals surface area contributed by atoms with Crippen LogP contribution in [0, 0.1) is 13.8 Å². The molecule has 0 saturated heterocycles. The van der Waals surface area contributed by atoms with Crippen LogP contribution in [0.15, 0.2) is 48.5 Å². The lowest BCUT2D eigenvalue weighted by Crippen LogP contribution is -2.49. The van der Waals surface area contributed by atoms with E-state index in [0.717, 1.165) is 22.9 Å². The molecule has 5 nitrogen and oxygen atoms in total. The number of carbonyl (C=O) groups excluding carboxylic acids is 1. The third kappa shape index (κ3) is 5.32. The predicted molar refractivity (Wildman–Crippen MR) is 110 cm³/mol. The zero-order valence-electron chi connectivity index (χ0n) is 16.6. The molecule has 0 spiro atoms. The first-order valence-electron chi connectivity index (χ1n) is 9.00. The fourth-order valence-corrected chi connectivity index (χ4v) is 4.50. The van der Waals surface area contributed by atoms with Gasteiger partial charge in [-0.2, -0.15) is 0 Å². The van der Waals surface area contributed by atoms with Gasteiger partial charge in [-0.3, -0.25) is 9.10 Å². The lowest BCUT2D eigenvalue weighted by molar-refractivity contribution is -0.131. The Morgan fingerprint density at radius 1 is 1.04 bits per heavy atom. The second-order valence-electron chi connectivity index (χ2n) is 7.01. The van der Waals surface area contributed by atoms with Crippen molar-refractivity contribution in [2.24, 2.45) is 0 Å². The number of nitrogens with zero attached hydrogens (tertiary/aromatic N) is 2. The van der Waals surface area contributed by atoms with Gasteiger partial charge in [0.2, 0.25) is 15.9 Å². The Labute approximate surface area is 162 Å². The van der Waals surface area contributed by atoms with Crippen LogP contribution in [0.25, 0.3) is 0 Å². The molecule has 0 bridgehead atoms. The summed E-state index contributed by atoms with van der Waals surface area (Å²) in [6.45, 7) is 6.10. The molecule has 2 aromatic rings. The number of aryl methyl sites for hydroxylation is 2. The Kier molecular flexibility index (Phi) is 6.65.